The fourth-order valence-corrected chi connectivity index (χ4v) is 7.74. The molecule has 5 rings (SSSR count). The number of benzene rings is 2. The number of aryl methyl sites for hydroxylation is 1. The number of nitrogens with zero attached hydrogens (tertiary/aromatic N) is 1. The highest BCUT2D eigenvalue weighted by atomic mass is 32.2. The van der Waals surface area contributed by atoms with Crippen molar-refractivity contribution < 1.29 is 14.7 Å². The van der Waals surface area contributed by atoms with Crippen molar-refractivity contribution in [2.45, 2.75) is 88.7 Å². The van der Waals surface area contributed by atoms with Crippen LogP contribution in [0.5, 0.6) is 0 Å². The van der Waals surface area contributed by atoms with Crippen LogP contribution >= 0.6 is 23.1 Å². The topological polar surface area (TPSA) is 79.3 Å². The lowest BCUT2D eigenvalue weighted by Gasteiger charge is -2.22. The summed E-state index contributed by atoms with van der Waals surface area (Å²) < 4.78 is -0.935. The van der Waals surface area contributed by atoms with Gasteiger partial charge in [-0.1, -0.05) is 69.5 Å². The Kier molecular flexibility index (Phi) is 8.81. The molecular formula is C35H40N2O3S2. The van der Waals surface area contributed by atoms with Gasteiger partial charge in [-0.15, -0.1) is 23.1 Å². The van der Waals surface area contributed by atoms with E-state index >= 15 is 0 Å². The van der Waals surface area contributed by atoms with Gasteiger partial charge in [-0.2, -0.15) is 0 Å². The molecule has 0 atom stereocenters. The number of carbonyl (C=O) groups is 2. The molecule has 2 aliphatic rings. The van der Waals surface area contributed by atoms with E-state index in [0.717, 1.165) is 43.6 Å². The summed E-state index contributed by atoms with van der Waals surface area (Å²) in [5, 5.41) is 13.4. The van der Waals surface area contributed by atoms with Crippen molar-refractivity contribution in [3.8, 4) is 10.6 Å². The molecule has 5 nitrogen and oxygen atoms in total. The molecule has 1 fully saturated rings. The maximum Gasteiger partial charge on any atom is 0.319 e. The fourth-order valence-electron chi connectivity index (χ4n) is 5.52. The van der Waals surface area contributed by atoms with Gasteiger partial charge in [-0.05, 0) is 92.3 Å². The van der Waals surface area contributed by atoms with Crippen LogP contribution in [0.15, 0.2) is 65.6 Å². The van der Waals surface area contributed by atoms with Crippen LogP contribution in [-0.2, 0) is 4.79 Å². The zero-order chi connectivity index (χ0) is 30.1. The molecule has 42 heavy (non-hydrogen) atoms. The molecule has 1 saturated carbocycles. The number of carboxylic acid groups (broad SMARTS) is 1. The van der Waals surface area contributed by atoms with Crippen molar-refractivity contribution in [1.82, 2.24) is 4.98 Å². The number of thiazole rings is 1. The number of amides is 1. The van der Waals surface area contributed by atoms with Crippen molar-refractivity contribution in [1.29, 1.82) is 0 Å². The van der Waals surface area contributed by atoms with E-state index in [1.165, 1.54) is 60.8 Å². The predicted octanol–water partition coefficient (Wildman–Crippen LogP) is 9.74. The Labute approximate surface area is 257 Å². The first-order chi connectivity index (χ1) is 19.9. The Bertz CT molecular complexity index is 1540. The Hall–Kier alpha value is -3.16. The lowest BCUT2D eigenvalue weighted by atomic mass is 9.84. The summed E-state index contributed by atoms with van der Waals surface area (Å²) in [5.74, 6) is -0.450. The zero-order valence-electron chi connectivity index (χ0n) is 25.1. The molecule has 1 heterocycles. The second-order valence-corrected chi connectivity index (χ2v) is 15.4. The first-order valence-electron chi connectivity index (χ1n) is 14.8. The van der Waals surface area contributed by atoms with Crippen molar-refractivity contribution >= 4 is 46.2 Å². The molecule has 7 heteroatoms. The van der Waals surface area contributed by atoms with Gasteiger partial charge in [0, 0.05) is 16.1 Å². The minimum absolute atomic E-state index is 0.0767. The molecule has 3 aromatic rings. The number of aliphatic carboxylic acids is 1. The van der Waals surface area contributed by atoms with Crippen LogP contribution in [0, 0.1) is 12.3 Å². The molecule has 0 radical (unpaired) electrons. The van der Waals surface area contributed by atoms with E-state index in [1.807, 2.05) is 37.3 Å². The molecule has 0 unspecified atom stereocenters. The standard InChI is InChI=1S/C35H40N2O3S2/c1-22-21-27(42-35(4,5)33(39)40)15-16-28(22)32-37-29(30(41-32)25-17-19-34(2,3)20-18-25)31(38)36-26-13-11-24(12-14-26)23-9-7-6-8-10-23/h11-19,21,23H,6-10,20H2,1-5H3,(H,36,38)(H,39,40). The van der Waals surface area contributed by atoms with Crippen molar-refractivity contribution in [3.05, 3.63) is 82.4 Å². The largest absolute Gasteiger partial charge is 0.480 e. The molecule has 2 aliphatic carbocycles. The highest BCUT2D eigenvalue weighted by Gasteiger charge is 2.29. The molecular weight excluding hydrogens is 561 g/mol. The van der Waals surface area contributed by atoms with Gasteiger partial charge in [0.15, 0.2) is 0 Å². The van der Waals surface area contributed by atoms with Crippen LogP contribution < -0.4 is 5.32 Å². The van der Waals surface area contributed by atoms with Gasteiger partial charge in [-0.25, -0.2) is 4.98 Å². The van der Waals surface area contributed by atoms with E-state index in [0.29, 0.717) is 11.6 Å². The number of aromatic nitrogens is 1. The SMILES string of the molecule is Cc1cc(SC(C)(C)C(=O)O)ccc1-c1nc(C(=O)Nc2ccc(C3CCCCC3)cc2)c(C2=CCC(C)(C)C=C2)s1. The number of carboxylic acids is 1. The average Bonchev–Trinajstić information content (AvgIpc) is 3.39. The molecule has 2 N–H and O–H groups in total. The average molecular weight is 601 g/mol. The quantitative estimate of drug-likeness (QED) is 0.252. The molecule has 0 bridgehead atoms. The third-order valence-corrected chi connectivity index (χ3v) is 10.5. The van der Waals surface area contributed by atoms with E-state index in [2.05, 4.69) is 49.5 Å². The van der Waals surface area contributed by atoms with Crippen LogP contribution in [0.2, 0.25) is 0 Å². The molecule has 1 aromatic heterocycles. The molecule has 2 aromatic carbocycles. The molecule has 1 amide bonds. The van der Waals surface area contributed by atoms with Crippen LogP contribution in [0.1, 0.15) is 98.6 Å². The van der Waals surface area contributed by atoms with E-state index < -0.39 is 10.7 Å². The summed E-state index contributed by atoms with van der Waals surface area (Å²) in [4.78, 5) is 32.0. The van der Waals surface area contributed by atoms with Crippen molar-refractivity contribution in [2.24, 2.45) is 5.41 Å². The number of allylic oxidation sites excluding steroid dienone is 4. The number of anilines is 1. The minimum Gasteiger partial charge on any atom is -0.480 e. The molecule has 0 saturated heterocycles. The number of carbonyl (C=O) groups excluding carboxylic acids is 1. The van der Waals surface area contributed by atoms with E-state index in [4.69, 9.17) is 4.98 Å². The highest BCUT2D eigenvalue weighted by molar-refractivity contribution is 8.01. The Balaban J connectivity index is 1.44. The predicted molar refractivity (Wildman–Crippen MR) is 176 cm³/mol. The van der Waals surface area contributed by atoms with Crippen LogP contribution in [0.3, 0.4) is 0 Å². The smallest absolute Gasteiger partial charge is 0.319 e. The maximum atomic E-state index is 13.7. The fraction of sp³-hybridized carbons (Fsp3) is 0.400. The number of hydrogen-bond donors (Lipinski definition) is 2. The number of nitrogens with one attached hydrogen (secondary N) is 1. The Morgan fingerprint density at radius 1 is 1.07 bits per heavy atom. The third kappa shape index (κ3) is 6.90. The highest BCUT2D eigenvalue weighted by Crippen LogP contribution is 2.41. The van der Waals surface area contributed by atoms with Gasteiger partial charge in [0.05, 0.1) is 4.88 Å². The van der Waals surface area contributed by atoms with Gasteiger partial charge in [0.1, 0.15) is 15.4 Å². The lowest BCUT2D eigenvalue weighted by molar-refractivity contribution is -0.138. The zero-order valence-corrected chi connectivity index (χ0v) is 26.8. The second kappa shape index (κ2) is 12.2. The summed E-state index contributed by atoms with van der Waals surface area (Å²) in [7, 11) is 0. The van der Waals surface area contributed by atoms with Gasteiger partial charge in [-0.3, -0.25) is 9.59 Å². The summed E-state index contributed by atoms with van der Waals surface area (Å²) in [6.45, 7) is 9.82. The van der Waals surface area contributed by atoms with Crippen LogP contribution in [0.4, 0.5) is 5.69 Å². The number of thioether (sulfide) groups is 1. The van der Waals surface area contributed by atoms with Gasteiger partial charge >= 0.3 is 5.97 Å². The second-order valence-electron chi connectivity index (χ2n) is 12.7. The van der Waals surface area contributed by atoms with E-state index in [-0.39, 0.29) is 11.3 Å². The molecule has 0 aliphatic heterocycles. The van der Waals surface area contributed by atoms with E-state index in [1.54, 1.807) is 13.8 Å². The normalized spacial score (nSPS) is 17.1. The summed E-state index contributed by atoms with van der Waals surface area (Å²) in [6, 6.07) is 14.3. The van der Waals surface area contributed by atoms with Crippen LogP contribution in [0.25, 0.3) is 16.1 Å². The first kappa shape index (κ1) is 30.3. The lowest BCUT2D eigenvalue weighted by Crippen LogP contribution is -2.26. The Morgan fingerprint density at radius 3 is 2.40 bits per heavy atom. The first-order valence-corrected chi connectivity index (χ1v) is 16.4. The van der Waals surface area contributed by atoms with Gasteiger partial charge in [0.2, 0.25) is 0 Å². The van der Waals surface area contributed by atoms with Gasteiger partial charge < -0.3 is 10.4 Å². The molecule has 220 valence electrons. The Morgan fingerprint density at radius 2 is 1.79 bits per heavy atom. The number of hydrogen-bond acceptors (Lipinski definition) is 5. The third-order valence-electron chi connectivity index (χ3n) is 8.23. The summed E-state index contributed by atoms with van der Waals surface area (Å²) in [5.41, 5.74) is 5.57. The van der Waals surface area contributed by atoms with Crippen molar-refractivity contribution in [2.75, 3.05) is 5.32 Å². The van der Waals surface area contributed by atoms with E-state index in [9.17, 15) is 14.7 Å². The summed E-state index contributed by atoms with van der Waals surface area (Å²) >= 11 is 2.85. The minimum atomic E-state index is -0.935. The van der Waals surface area contributed by atoms with Gasteiger partial charge in [0.25, 0.3) is 5.91 Å². The summed E-state index contributed by atoms with van der Waals surface area (Å²) in [6.07, 6.45) is 13.8. The molecule has 0 spiro atoms. The van der Waals surface area contributed by atoms with Crippen LogP contribution in [-0.4, -0.2) is 26.7 Å². The monoisotopic (exact) mass is 600 g/mol. The maximum absolute atomic E-state index is 13.7. The number of rotatable bonds is 8. The van der Waals surface area contributed by atoms with Crippen molar-refractivity contribution in [3.63, 3.8) is 0 Å².